The molecule has 1 N–H and O–H groups in total. The minimum absolute atomic E-state index is 0.0379. The summed E-state index contributed by atoms with van der Waals surface area (Å²) in [4.78, 5) is -0.0893. The molecule has 1 aliphatic heterocycles. The maximum Gasteiger partial charge on any atom is 0.245 e. The van der Waals surface area contributed by atoms with E-state index in [9.17, 15) is 8.42 Å². The van der Waals surface area contributed by atoms with Crippen molar-refractivity contribution in [3.63, 3.8) is 0 Å². The van der Waals surface area contributed by atoms with Gasteiger partial charge in [-0.15, -0.1) is 0 Å². The standard InChI is InChI=1S/C13H17Cl3N2O2S/c1-18(8-10-4-2-3-5-17-10)21(19,20)13-11(15)6-9(14)7-12(13)16/h6-7,10,17H,2-5,8H2,1H3. The van der Waals surface area contributed by atoms with Gasteiger partial charge in [-0.3, -0.25) is 0 Å². The van der Waals surface area contributed by atoms with E-state index in [0.717, 1.165) is 25.8 Å². The van der Waals surface area contributed by atoms with Crippen LogP contribution >= 0.6 is 34.8 Å². The fraction of sp³-hybridized carbons (Fsp3) is 0.538. The number of benzene rings is 1. The van der Waals surface area contributed by atoms with Crippen molar-refractivity contribution < 1.29 is 8.42 Å². The fourth-order valence-electron chi connectivity index (χ4n) is 2.42. The number of hydrogen-bond acceptors (Lipinski definition) is 3. The normalized spacial score (nSPS) is 20.0. The zero-order valence-electron chi connectivity index (χ0n) is 11.6. The third-order valence-corrected chi connectivity index (χ3v) is 6.49. The highest BCUT2D eigenvalue weighted by Crippen LogP contribution is 2.34. The van der Waals surface area contributed by atoms with Crippen molar-refractivity contribution in [2.75, 3.05) is 20.1 Å². The van der Waals surface area contributed by atoms with Gasteiger partial charge in [-0.25, -0.2) is 8.42 Å². The Morgan fingerprint density at radius 1 is 1.24 bits per heavy atom. The molecular formula is C13H17Cl3N2O2S. The van der Waals surface area contributed by atoms with Gasteiger partial charge in [0.05, 0.1) is 10.0 Å². The average molecular weight is 372 g/mol. The number of nitrogens with one attached hydrogen (secondary N) is 1. The number of nitrogens with zero attached hydrogens (tertiary/aromatic N) is 1. The average Bonchev–Trinajstić information content (AvgIpc) is 2.38. The molecule has 1 heterocycles. The van der Waals surface area contributed by atoms with Crippen LogP contribution < -0.4 is 5.32 Å². The molecule has 0 radical (unpaired) electrons. The van der Waals surface area contributed by atoms with Gasteiger partial charge in [0, 0.05) is 24.7 Å². The predicted molar refractivity (Wildman–Crippen MR) is 86.9 cm³/mol. The van der Waals surface area contributed by atoms with Crippen molar-refractivity contribution in [1.82, 2.24) is 9.62 Å². The van der Waals surface area contributed by atoms with Gasteiger partial charge in [-0.1, -0.05) is 41.2 Å². The SMILES string of the molecule is CN(CC1CCCCN1)S(=O)(=O)c1c(Cl)cc(Cl)cc1Cl. The van der Waals surface area contributed by atoms with E-state index in [2.05, 4.69) is 5.32 Å². The van der Waals surface area contributed by atoms with Crippen LogP contribution in [0, 0.1) is 0 Å². The van der Waals surface area contributed by atoms with Crippen molar-refractivity contribution in [3.05, 3.63) is 27.2 Å². The molecule has 0 amide bonds. The molecular weight excluding hydrogens is 355 g/mol. The van der Waals surface area contributed by atoms with Crippen molar-refractivity contribution in [1.29, 1.82) is 0 Å². The number of rotatable bonds is 4. The molecule has 4 nitrogen and oxygen atoms in total. The van der Waals surface area contributed by atoms with E-state index in [1.807, 2.05) is 0 Å². The van der Waals surface area contributed by atoms with E-state index in [4.69, 9.17) is 34.8 Å². The lowest BCUT2D eigenvalue weighted by atomic mass is 10.1. The van der Waals surface area contributed by atoms with E-state index in [1.54, 1.807) is 0 Å². The van der Waals surface area contributed by atoms with Crippen LogP contribution in [0.4, 0.5) is 0 Å². The lowest BCUT2D eigenvalue weighted by molar-refractivity contribution is 0.337. The predicted octanol–water partition coefficient (Wildman–Crippen LogP) is 3.41. The summed E-state index contributed by atoms with van der Waals surface area (Å²) in [5.41, 5.74) is 0. The Morgan fingerprint density at radius 2 is 1.86 bits per heavy atom. The van der Waals surface area contributed by atoms with Gasteiger partial charge in [0.1, 0.15) is 4.90 Å². The summed E-state index contributed by atoms with van der Waals surface area (Å²) in [7, 11) is -2.21. The number of piperidine rings is 1. The van der Waals surface area contributed by atoms with E-state index in [-0.39, 0.29) is 21.0 Å². The molecule has 21 heavy (non-hydrogen) atoms. The van der Waals surface area contributed by atoms with Crippen LogP contribution in [0.5, 0.6) is 0 Å². The van der Waals surface area contributed by atoms with Crippen molar-refractivity contribution in [2.24, 2.45) is 0 Å². The van der Waals surface area contributed by atoms with Crippen LogP contribution in [-0.2, 0) is 10.0 Å². The Bertz CT molecular complexity index is 593. The van der Waals surface area contributed by atoms with Crippen molar-refractivity contribution in [3.8, 4) is 0 Å². The Balaban J connectivity index is 2.24. The summed E-state index contributed by atoms with van der Waals surface area (Å²) in [5, 5.41) is 3.70. The summed E-state index contributed by atoms with van der Waals surface area (Å²) < 4.78 is 26.6. The highest BCUT2D eigenvalue weighted by atomic mass is 35.5. The molecule has 0 spiro atoms. The second-order valence-electron chi connectivity index (χ2n) is 5.13. The lowest BCUT2D eigenvalue weighted by Gasteiger charge is -2.28. The summed E-state index contributed by atoms with van der Waals surface area (Å²) in [5.74, 6) is 0. The van der Waals surface area contributed by atoms with Gasteiger partial charge in [0.15, 0.2) is 0 Å². The van der Waals surface area contributed by atoms with Crippen LogP contribution in [0.15, 0.2) is 17.0 Å². The first-order valence-corrected chi connectivity index (χ1v) is 9.24. The summed E-state index contributed by atoms with van der Waals surface area (Å²) in [6.07, 6.45) is 3.19. The molecule has 1 saturated heterocycles. The van der Waals surface area contributed by atoms with Gasteiger partial charge in [-0.05, 0) is 31.5 Å². The zero-order valence-corrected chi connectivity index (χ0v) is 14.7. The molecule has 1 atom stereocenters. The van der Waals surface area contributed by atoms with Gasteiger partial charge >= 0.3 is 0 Å². The van der Waals surface area contributed by atoms with Crippen molar-refractivity contribution in [2.45, 2.75) is 30.2 Å². The molecule has 0 aromatic heterocycles. The molecule has 0 bridgehead atoms. The van der Waals surface area contributed by atoms with E-state index in [0.29, 0.717) is 11.6 Å². The molecule has 1 fully saturated rings. The number of hydrogen-bond donors (Lipinski definition) is 1. The second-order valence-corrected chi connectivity index (χ2v) is 8.36. The molecule has 118 valence electrons. The van der Waals surface area contributed by atoms with E-state index >= 15 is 0 Å². The van der Waals surface area contributed by atoms with Gasteiger partial charge in [0.2, 0.25) is 10.0 Å². The van der Waals surface area contributed by atoms with Crippen LogP contribution in [0.25, 0.3) is 0 Å². The summed E-state index contributed by atoms with van der Waals surface area (Å²) >= 11 is 17.9. The third kappa shape index (κ3) is 4.03. The fourth-order valence-corrected chi connectivity index (χ4v) is 5.12. The molecule has 8 heteroatoms. The van der Waals surface area contributed by atoms with Crippen LogP contribution in [0.2, 0.25) is 15.1 Å². The van der Waals surface area contributed by atoms with Gasteiger partial charge in [0.25, 0.3) is 0 Å². The van der Waals surface area contributed by atoms with Crippen molar-refractivity contribution >= 4 is 44.8 Å². The minimum atomic E-state index is -3.75. The lowest BCUT2D eigenvalue weighted by Crippen LogP contribution is -2.44. The first-order valence-electron chi connectivity index (χ1n) is 6.66. The quantitative estimate of drug-likeness (QED) is 0.882. The highest BCUT2D eigenvalue weighted by molar-refractivity contribution is 7.89. The van der Waals surface area contributed by atoms with Gasteiger partial charge < -0.3 is 5.32 Å². The molecule has 1 aromatic carbocycles. The first kappa shape index (κ1) is 17.3. The zero-order chi connectivity index (χ0) is 15.6. The first-order chi connectivity index (χ1) is 9.82. The summed E-state index contributed by atoms with van der Waals surface area (Å²) in [6.45, 7) is 1.30. The van der Waals surface area contributed by atoms with Crippen LogP contribution in [0.3, 0.4) is 0 Å². The van der Waals surface area contributed by atoms with Gasteiger partial charge in [-0.2, -0.15) is 4.31 Å². The molecule has 0 saturated carbocycles. The third-order valence-electron chi connectivity index (χ3n) is 3.52. The largest absolute Gasteiger partial charge is 0.313 e. The Morgan fingerprint density at radius 3 is 2.38 bits per heavy atom. The Hall–Kier alpha value is -0.0400. The molecule has 1 aromatic rings. The van der Waals surface area contributed by atoms with Crippen LogP contribution in [-0.4, -0.2) is 38.9 Å². The molecule has 1 aliphatic rings. The molecule has 1 unspecified atom stereocenters. The van der Waals surface area contributed by atoms with E-state index in [1.165, 1.54) is 23.5 Å². The number of halogens is 3. The van der Waals surface area contributed by atoms with E-state index < -0.39 is 10.0 Å². The monoisotopic (exact) mass is 370 g/mol. The Kier molecular flexibility index (Phi) is 5.79. The number of likely N-dealkylation sites (N-methyl/N-ethyl adjacent to an activating group) is 1. The smallest absolute Gasteiger partial charge is 0.245 e. The number of sulfonamides is 1. The summed E-state index contributed by atoms with van der Waals surface area (Å²) in [6, 6.07) is 2.92. The maximum absolute atomic E-state index is 12.6. The molecule has 0 aliphatic carbocycles. The topological polar surface area (TPSA) is 49.4 Å². The highest BCUT2D eigenvalue weighted by Gasteiger charge is 2.29. The second kappa shape index (κ2) is 7.02. The minimum Gasteiger partial charge on any atom is -0.313 e. The maximum atomic E-state index is 12.6. The van der Waals surface area contributed by atoms with Crippen LogP contribution in [0.1, 0.15) is 19.3 Å². The Labute approximate surface area is 140 Å². The molecule has 2 rings (SSSR count).